The van der Waals surface area contributed by atoms with E-state index in [0.717, 1.165) is 21.9 Å². The van der Waals surface area contributed by atoms with Gasteiger partial charge in [0, 0.05) is 16.6 Å². The molecule has 2 amide bonds. The first-order chi connectivity index (χ1) is 13.5. The first-order valence-corrected chi connectivity index (χ1v) is 9.32. The Morgan fingerprint density at radius 1 is 1.00 bits per heavy atom. The smallest absolute Gasteiger partial charge is 0.313 e. The molecule has 0 saturated heterocycles. The van der Waals surface area contributed by atoms with Crippen molar-refractivity contribution >= 4 is 28.3 Å². The Bertz CT molecular complexity index is 1010. The predicted octanol–water partition coefficient (Wildman–Crippen LogP) is 4.36. The van der Waals surface area contributed by atoms with Gasteiger partial charge in [0.2, 0.25) is 0 Å². The van der Waals surface area contributed by atoms with Crippen molar-refractivity contribution in [2.24, 2.45) is 0 Å². The van der Waals surface area contributed by atoms with Crippen molar-refractivity contribution in [2.75, 3.05) is 11.9 Å². The minimum atomic E-state index is -0.700. The van der Waals surface area contributed by atoms with Gasteiger partial charge in [-0.25, -0.2) is 0 Å². The number of benzene rings is 3. The number of nitrogens with one attached hydrogen (secondary N) is 2. The number of ether oxygens (including phenoxy) is 1. The summed E-state index contributed by atoms with van der Waals surface area (Å²) in [6, 6.07) is 18.7. The number of hydrogen-bond donors (Lipinski definition) is 2. The van der Waals surface area contributed by atoms with Crippen LogP contribution < -0.4 is 15.4 Å². The van der Waals surface area contributed by atoms with E-state index in [9.17, 15) is 9.59 Å². The summed E-state index contributed by atoms with van der Waals surface area (Å²) in [5.41, 5.74) is 2.50. The lowest BCUT2D eigenvalue weighted by molar-refractivity contribution is -0.136. The number of carbonyl (C=O) groups excluding carboxylic acids is 2. The molecular weight excluding hydrogens is 352 g/mol. The molecule has 0 saturated carbocycles. The van der Waals surface area contributed by atoms with Crippen molar-refractivity contribution in [3.63, 3.8) is 0 Å². The molecule has 0 heterocycles. The van der Waals surface area contributed by atoms with Crippen LogP contribution in [0.2, 0.25) is 0 Å². The van der Waals surface area contributed by atoms with Gasteiger partial charge in [-0.05, 0) is 38.3 Å². The second-order valence-electron chi connectivity index (χ2n) is 6.65. The summed E-state index contributed by atoms with van der Waals surface area (Å²) >= 11 is 0. The van der Waals surface area contributed by atoms with Crippen LogP contribution in [0.1, 0.15) is 31.0 Å². The summed E-state index contributed by atoms with van der Waals surface area (Å²) in [6.07, 6.45) is 0. The van der Waals surface area contributed by atoms with Crippen LogP contribution in [0, 0.1) is 6.92 Å². The Labute approximate surface area is 164 Å². The second-order valence-corrected chi connectivity index (χ2v) is 6.65. The summed E-state index contributed by atoms with van der Waals surface area (Å²) in [7, 11) is 0. The summed E-state index contributed by atoms with van der Waals surface area (Å²) < 4.78 is 5.65. The predicted molar refractivity (Wildman–Crippen MR) is 111 cm³/mol. The summed E-state index contributed by atoms with van der Waals surface area (Å²) in [6.45, 7) is 6.24. The van der Waals surface area contributed by atoms with Crippen LogP contribution in [0.4, 0.5) is 5.69 Å². The molecule has 0 aromatic heterocycles. The fourth-order valence-electron chi connectivity index (χ4n) is 3.15. The van der Waals surface area contributed by atoms with Gasteiger partial charge in [0.25, 0.3) is 0 Å². The second kappa shape index (κ2) is 8.57. The summed E-state index contributed by atoms with van der Waals surface area (Å²) in [4.78, 5) is 24.9. The van der Waals surface area contributed by atoms with Crippen LogP contribution in [-0.4, -0.2) is 18.4 Å². The minimum absolute atomic E-state index is 0.368. The highest BCUT2D eigenvalue weighted by molar-refractivity contribution is 6.40. The highest BCUT2D eigenvalue weighted by atomic mass is 16.5. The average Bonchev–Trinajstić information content (AvgIpc) is 2.69. The minimum Gasteiger partial charge on any atom is -0.494 e. The zero-order valence-corrected chi connectivity index (χ0v) is 16.3. The van der Waals surface area contributed by atoms with E-state index in [0.29, 0.717) is 18.0 Å². The maximum absolute atomic E-state index is 12.5. The Balaban J connectivity index is 1.74. The molecule has 0 aliphatic carbocycles. The number of amides is 2. The van der Waals surface area contributed by atoms with Crippen molar-refractivity contribution in [3.05, 3.63) is 71.8 Å². The first kappa shape index (κ1) is 19.4. The number of anilines is 1. The number of aryl methyl sites for hydroxylation is 1. The molecule has 1 atom stereocenters. The van der Waals surface area contributed by atoms with Gasteiger partial charge >= 0.3 is 11.8 Å². The lowest BCUT2D eigenvalue weighted by Gasteiger charge is -2.18. The van der Waals surface area contributed by atoms with Crippen LogP contribution in [0.5, 0.6) is 5.75 Å². The fraction of sp³-hybridized carbons (Fsp3) is 0.217. The largest absolute Gasteiger partial charge is 0.494 e. The summed E-state index contributed by atoms with van der Waals surface area (Å²) in [5, 5.41) is 7.35. The van der Waals surface area contributed by atoms with E-state index in [1.165, 1.54) is 0 Å². The average molecular weight is 376 g/mol. The molecule has 28 heavy (non-hydrogen) atoms. The number of hydrogen-bond acceptors (Lipinski definition) is 3. The van der Waals surface area contributed by atoms with E-state index >= 15 is 0 Å². The van der Waals surface area contributed by atoms with Gasteiger partial charge in [0.1, 0.15) is 5.75 Å². The summed E-state index contributed by atoms with van der Waals surface area (Å²) in [5.74, 6) is -0.687. The molecular formula is C23H24N2O3. The van der Waals surface area contributed by atoms with E-state index in [1.54, 1.807) is 6.07 Å². The lowest BCUT2D eigenvalue weighted by Crippen LogP contribution is -2.37. The Morgan fingerprint density at radius 3 is 2.54 bits per heavy atom. The number of rotatable bonds is 5. The zero-order valence-electron chi connectivity index (χ0n) is 16.3. The molecule has 0 radical (unpaired) electrons. The Kier molecular flexibility index (Phi) is 5.94. The van der Waals surface area contributed by atoms with Gasteiger partial charge in [-0.2, -0.15) is 0 Å². The van der Waals surface area contributed by atoms with Gasteiger partial charge in [-0.1, -0.05) is 54.1 Å². The monoisotopic (exact) mass is 376 g/mol. The molecule has 1 unspecified atom stereocenters. The molecule has 0 bridgehead atoms. The zero-order chi connectivity index (χ0) is 20.1. The molecule has 2 N–H and O–H groups in total. The molecule has 3 rings (SSSR count). The standard InChI is InChI=1S/C23H24N2O3/c1-4-28-21-13-12-15(2)14-19(21)16(3)24-22(26)23(27)25-20-11-7-9-17-8-5-6-10-18(17)20/h5-14,16H,4H2,1-3H3,(H,24,26)(H,25,27). The topological polar surface area (TPSA) is 67.4 Å². The number of fused-ring (bicyclic) bond motifs is 1. The molecule has 144 valence electrons. The fourth-order valence-corrected chi connectivity index (χ4v) is 3.15. The third kappa shape index (κ3) is 4.31. The van der Waals surface area contributed by atoms with Crippen LogP contribution >= 0.6 is 0 Å². The highest BCUT2D eigenvalue weighted by Gasteiger charge is 2.20. The van der Waals surface area contributed by atoms with Crippen molar-refractivity contribution in [1.29, 1.82) is 0 Å². The molecule has 5 nitrogen and oxygen atoms in total. The van der Waals surface area contributed by atoms with E-state index in [1.807, 2.05) is 75.4 Å². The van der Waals surface area contributed by atoms with E-state index in [4.69, 9.17) is 4.74 Å². The van der Waals surface area contributed by atoms with Gasteiger partial charge in [0.15, 0.2) is 0 Å². The Morgan fingerprint density at radius 2 is 1.75 bits per heavy atom. The van der Waals surface area contributed by atoms with Crippen molar-refractivity contribution < 1.29 is 14.3 Å². The molecule has 3 aromatic carbocycles. The maximum atomic E-state index is 12.5. The van der Waals surface area contributed by atoms with Gasteiger partial charge < -0.3 is 15.4 Å². The van der Waals surface area contributed by atoms with E-state index < -0.39 is 11.8 Å². The van der Waals surface area contributed by atoms with Crippen LogP contribution in [0.3, 0.4) is 0 Å². The number of carbonyl (C=O) groups is 2. The van der Waals surface area contributed by atoms with Crippen molar-refractivity contribution in [3.8, 4) is 5.75 Å². The van der Waals surface area contributed by atoms with Gasteiger partial charge in [-0.15, -0.1) is 0 Å². The molecule has 0 aliphatic rings. The van der Waals surface area contributed by atoms with Crippen LogP contribution in [0.15, 0.2) is 60.7 Å². The molecule has 0 aliphatic heterocycles. The Hall–Kier alpha value is -3.34. The highest BCUT2D eigenvalue weighted by Crippen LogP contribution is 2.27. The van der Waals surface area contributed by atoms with Crippen LogP contribution in [-0.2, 0) is 9.59 Å². The first-order valence-electron chi connectivity index (χ1n) is 9.32. The molecule has 5 heteroatoms. The third-order valence-corrected chi connectivity index (χ3v) is 4.52. The van der Waals surface area contributed by atoms with Crippen LogP contribution in [0.25, 0.3) is 10.8 Å². The SMILES string of the molecule is CCOc1ccc(C)cc1C(C)NC(=O)C(=O)Nc1cccc2ccccc12. The third-order valence-electron chi connectivity index (χ3n) is 4.52. The van der Waals surface area contributed by atoms with Gasteiger partial charge in [0.05, 0.1) is 12.6 Å². The van der Waals surface area contributed by atoms with Crippen molar-refractivity contribution in [1.82, 2.24) is 5.32 Å². The molecule has 0 fully saturated rings. The molecule has 0 spiro atoms. The normalized spacial score (nSPS) is 11.7. The van der Waals surface area contributed by atoms with E-state index in [2.05, 4.69) is 10.6 Å². The van der Waals surface area contributed by atoms with Crippen molar-refractivity contribution in [2.45, 2.75) is 26.8 Å². The van der Waals surface area contributed by atoms with Gasteiger partial charge in [-0.3, -0.25) is 9.59 Å². The maximum Gasteiger partial charge on any atom is 0.313 e. The molecule has 3 aromatic rings. The lowest BCUT2D eigenvalue weighted by atomic mass is 10.0. The van der Waals surface area contributed by atoms with E-state index in [-0.39, 0.29) is 6.04 Å². The quantitative estimate of drug-likeness (QED) is 0.650.